The lowest BCUT2D eigenvalue weighted by atomic mass is 9.87. The summed E-state index contributed by atoms with van der Waals surface area (Å²) >= 11 is 0. The second-order valence-electron chi connectivity index (χ2n) is 44.4. The number of benzene rings is 3. The van der Waals surface area contributed by atoms with E-state index in [0.717, 1.165) is 132 Å². The minimum atomic E-state index is -0.477. The van der Waals surface area contributed by atoms with E-state index in [1.165, 1.54) is 91.9 Å². The fourth-order valence-electron chi connectivity index (χ4n) is 19.7. The van der Waals surface area contributed by atoms with Gasteiger partial charge in [-0.3, -0.25) is 52.7 Å². The molecule has 3 heterocycles. The van der Waals surface area contributed by atoms with Gasteiger partial charge >= 0.3 is 77.6 Å². The number of esters is 13. The van der Waals surface area contributed by atoms with Crippen molar-refractivity contribution in [1.82, 2.24) is 4.90 Å². The maximum atomic E-state index is 12.1. The molecule has 810 valence electrons. The maximum Gasteiger partial charge on any atom is 0.333 e. The van der Waals surface area contributed by atoms with Crippen molar-refractivity contribution in [2.24, 2.45) is 74.9 Å². The lowest BCUT2D eigenvalue weighted by molar-refractivity contribution is -0.170. The highest BCUT2D eigenvalue weighted by Crippen LogP contribution is 2.59. The van der Waals surface area contributed by atoms with E-state index < -0.39 is 34.7 Å². The van der Waals surface area contributed by atoms with E-state index in [9.17, 15) is 67.4 Å². The average Bonchev–Trinajstić information content (AvgIpc) is 1.58. The Bertz CT molecular complexity index is 4820. The predicted molar refractivity (Wildman–Crippen MR) is 552 cm³/mol. The molecule has 3 aromatic carbocycles. The van der Waals surface area contributed by atoms with E-state index in [1.807, 2.05) is 102 Å². The highest BCUT2D eigenvalue weighted by molar-refractivity contribution is 5.88. The zero-order chi connectivity index (χ0) is 109. The van der Waals surface area contributed by atoms with Gasteiger partial charge in [-0.2, -0.15) is 0 Å². The first-order chi connectivity index (χ1) is 67.7. The first kappa shape index (κ1) is 123. The Labute approximate surface area is 862 Å². The van der Waals surface area contributed by atoms with Gasteiger partial charge in [0, 0.05) is 74.3 Å². The number of carbonyl (C=O) groups excluding carboxylic acids is 13. The second kappa shape index (κ2) is 54.5. The van der Waals surface area contributed by atoms with E-state index in [4.69, 9.17) is 66.7 Å². The highest BCUT2D eigenvalue weighted by Gasteiger charge is 2.66. The molecule has 12 aliphatic rings. The quantitative estimate of drug-likeness (QED) is 0.0224. The summed E-state index contributed by atoms with van der Waals surface area (Å²) in [5.41, 5.74) is 1.63. The van der Waals surface area contributed by atoms with Crippen molar-refractivity contribution in [3.8, 4) is 34.5 Å². The molecule has 29 heteroatoms. The molecule has 9 saturated carbocycles. The first-order valence-corrected chi connectivity index (χ1v) is 52.9. The van der Waals surface area contributed by atoms with E-state index in [-0.39, 0.29) is 176 Å². The Morgan fingerprint density at radius 1 is 0.400 bits per heavy atom. The van der Waals surface area contributed by atoms with Crippen LogP contribution in [0.5, 0.6) is 34.5 Å². The predicted octanol–water partition coefficient (Wildman–Crippen LogP) is 23.1. The SMILES string of the molecule is C=C(C)C(=O)OC1(C)CCCC1.C=C(C)C(=O)OC1C2CC3C(=O)OC1C3C2.C=Cc1ccc(OC(C)=O)c(OC(C)=O)c1.CCC(C)(C)C(=O)OC1(C)CCCC1.CCC(C)(C)C(=O)OC1(C)CCCC1.CCC(C)(C)C(=O)OC1C2CC3C(=O)OC1C3C2.CCC(C)(C)C(=O)OC1C2CC3C(=O)OC1C3C2.CCC(C)c1ccc(O)c(O)c1.CCC(C)c1ccc(OC(C)=O)c(OC(C)=O)c1.CCN(CC)CC. The van der Waals surface area contributed by atoms with E-state index in [2.05, 4.69) is 87.0 Å². The summed E-state index contributed by atoms with van der Waals surface area (Å²) in [6, 6.07) is 15.1. The topological polar surface area (TPSA) is 386 Å². The smallest absolute Gasteiger partial charge is 0.333 e. The molecule has 2 N–H and O–H groups in total. The van der Waals surface area contributed by atoms with Crippen molar-refractivity contribution in [2.75, 3.05) is 19.6 Å². The van der Waals surface area contributed by atoms with E-state index in [1.54, 1.807) is 56.3 Å². The molecule has 17 unspecified atom stereocenters. The minimum Gasteiger partial charge on any atom is -0.504 e. The fourth-order valence-corrected chi connectivity index (χ4v) is 19.7. The van der Waals surface area contributed by atoms with Crippen LogP contribution in [0.2, 0.25) is 0 Å². The average molecular weight is 2030 g/mol. The molecular formula is C116H173NO28. The molecule has 6 bridgehead atoms. The third kappa shape index (κ3) is 34.6. The van der Waals surface area contributed by atoms with Crippen LogP contribution < -0.4 is 18.9 Å². The van der Waals surface area contributed by atoms with Crippen molar-refractivity contribution in [2.45, 2.75) is 413 Å². The van der Waals surface area contributed by atoms with Crippen LogP contribution in [0.1, 0.15) is 376 Å². The zero-order valence-corrected chi connectivity index (χ0v) is 92.3. The first-order valence-electron chi connectivity index (χ1n) is 52.9. The summed E-state index contributed by atoms with van der Waals surface area (Å²) in [5, 5.41) is 18.2. The monoisotopic (exact) mass is 2030 g/mol. The molecule has 3 saturated heterocycles. The largest absolute Gasteiger partial charge is 0.504 e. The van der Waals surface area contributed by atoms with Crippen LogP contribution in [0.3, 0.4) is 0 Å². The van der Waals surface area contributed by atoms with E-state index >= 15 is 0 Å². The molecule has 29 nitrogen and oxygen atoms in total. The van der Waals surface area contributed by atoms with Gasteiger partial charge in [-0.05, 0) is 329 Å². The van der Waals surface area contributed by atoms with Gasteiger partial charge in [0.15, 0.2) is 34.5 Å². The fraction of sp³-hybridized carbons (Fsp3) is 0.681. The summed E-state index contributed by atoms with van der Waals surface area (Å²) in [6.45, 7) is 67.2. The van der Waals surface area contributed by atoms with Gasteiger partial charge in [-0.1, -0.05) is 120 Å². The molecule has 145 heavy (non-hydrogen) atoms. The van der Waals surface area contributed by atoms with Gasteiger partial charge in [-0.25, -0.2) is 9.59 Å². The lowest BCUT2D eigenvalue weighted by Gasteiger charge is -2.29. The van der Waals surface area contributed by atoms with Gasteiger partial charge < -0.3 is 76.7 Å². The maximum absolute atomic E-state index is 12.1. The molecule has 9 aliphatic carbocycles. The third-order valence-electron chi connectivity index (χ3n) is 31.3. The molecule has 17 atom stereocenters. The summed E-state index contributed by atoms with van der Waals surface area (Å²) in [6.07, 6.45) is 24.2. The van der Waals surface area contributed by atoms with Crippen LogP contribution in [0, 0.1) is 74.9 Å². The molecule has 3 aromatic rings. The van der Waals surface area contributed by atoms with Crippen molar-refractivity contribution >= 4 is 83.7 Å². The van der Waals surface area contributed by atoms with Gasteiger partial charge in [0.05, 0.1) is 39.4 Å². The minimum absolute atomic E-state index is 0.0344. The van der Waals surface area contributed by atoms with Gasteiger partial charge in [-0.15, -0.1) is 0 Å². The van der Waals surface area contributed by atoms with Crippen molar-refractivity contribution < 1.29 is 134 Å². The summed E-state index contributed by atoms with van der Waals surface area (Å²) < 4.78 is 69.2. The Kier molecular flexibility index (Phi) is 46.3. The van der Waals surface area contributed by atoms with Crippen LogP contribution >= 0.6 is 0 Å². The molecule has 15 rings (SSSR count). The van der Waals surface area contributed by atoms with Crippen LogP contribution in [-0.4, -0.2) is 166 Å². The molecule has 0 amide bonds. The second-order valence-corrected chi connectivity index (χ2v) is 44.4. The Balaban J connectivity index is 0.000000248. The van der Waals surface area contributed by atoms with Crippen molar-refractivity contribution in [3.63, 3.8) is 0 Å². The summed E-state index contributed by atoms with van der Waals surface area (Å²) in [7, 11) is 0. The molecular weight excluding hydrogens is 1860 g/mol. The van der Waals surface area contributed by atoms with Crippen molar-refractivity contribution in [1.29, 1.82) is 0 Å². The van der Waals surface area contributed by atoms with Crippen molar-refractivity contribution in [3.05, 3.63) is 102 Å². The summed E-state index contributed by atoms with van der Waals surface area (Å²) in [4.78, 5) is 151. The number of fused-ring (bicyclic) bond motifs is 3. The molecule has 0 radical (unpaired) electrons. The third-order valence-corrected chi connectivity index (χ3v) is 31.3. The van der Waals surface area contributed by atoms with Crippen LogP contribution in [0.15, 0.2) is 85.5 Å². The number of nitrogens with zero attached hydrogens (tertiary/aromatic N) is 1. The number of phenolic OH excluding ortho intramolecular Hbond substituents is 2. The normalized spacial score (nSPS) is 24.8. The molecule has 0 spiro atoms. The molecule has 12 fully saturated rings. The molecule has 0 aromatic heterocycles. The van der Waals surface area contributed by atoms with Crippen LogP contribution in [-0.2, 0) is 105 Å². The molecule has 3 aliphatic heterocycles. The highest BCUT2D eigenvalue weighted by atomic mass is 16.6. The van der Waals surface area contributed by atoms with Crippen LogP contribution in [0.4, 0.5) is 0 Å². The van der Waals surface area contributed by atoms with Gasteiger partial charge in [0.1, 0.15) is 53.4 Å². The zero-order valence-electron chi connectivity index (χ0n) is 92.3. The number of aromatic hydroxyl groups is 2. The van der Waals surface area contributed by atoms with E-state index in [0.29, 0.717) is 52.6 Å². The number of carbonyl (C=O) groups is 13. The standard InChI is InChI=1S/2C14H20O4.C14H18O4.C12H14O4.C12H12O4.2C12H22O2.C10H16O2.C10H14O2.C6H15N/c2*1-4-14(2,3)13(16)18-10-7-5-8-9(6-7)12(15)17-11(8)10;1-5-9(2)12-6-7-13(17-10(3)15)14(8-12)18-11(4)16;1-5(2)11(13)15-9-6-3-7-8(4-6)12(14)16-10(7)9;1-4-10-5-6-11(15-8(2)13)12(7-10)16-9(3)14;2*1-5-11(2,3)10(13)14-12(4)8-6-7-9-12;1-8(2)9(11)12-10(3)6-4-5-7-10;1-3-7(2)8-4-5-9(11)10(12)6-8;1-4-7(5-2)6-3/h2*7-11H,4-6H2,1-3H3;6-9H,5H2,1-4H3;6-10H,1,3-4H2,2H3;4-7H,1H2,2-3H3;2*5-9H2,1-4H3;1,4-7H2,2-3H3;4-7,11-12H,3H2,1-2H3;4-6H2,1-3H3. The Hall–Kier alpha value is -10.5. The number of ether oxygens (including phenoxy) is 13. The summed E-state index contributed by atoms with van der Waals surface area (Å²) in [5.74, 6) is 0.580. The van der Waals surface area contributed by atoms with Gasteiger partial charge in [0.25, 0.3) is 0 Å². The lowest BCUT2D eigenvalue weighted by Crippen LogP contribution is -2.39. The number of hydrogen-bond donors (Lipinski definition) is 2. The number of hydrogen-bond acceptors (Lipinski definition) is 29. The van der Waals surface area contributed by atoms with Gasteiger partial charge in [0.2, 0.25) is 0 Å². The number of rotatable bonds is 28. The number of phenols is 2. The Morgan fingerprint density at radius 2 is 0.697 bits per heavy atom. The van der Waals surface area contributed by atoms with Crippen LogP contribution in [0.25, 0.3) is 6.08 Å². The Morgan fingerprint density at radius 3 is 0.993 bits per heavy atom.